The molecule has 0 fully saturated rings. The molecule has 8 rings (SSSR count). The van der Waals surface area contributed by atoms with Crippen molar-refractivity contribution in [3.8, 4) is 56.2 Å². The standard InChI is InChI=1S/C40H26N2S/c1-3-13-27(14-4-1)36-26-37(42-40(41-36)28-15-5-2-6-16-28)33-20-8-7-19-31(33)29-17-11-18-30(25-29)32-22-12-23-35-34-21-9-10-24-38(34)43-39(32)35/h1-26H. The van der Waals surface area contributed by atoms with Crippen LogP contribution in [-0.2, 0) is 0 Å². The molecule has 2 heterocycles. The summed E-state index contributed by atoms with van der Waals surface area (Å²) in [6.45, 7) is 0. The Hall–Kier alpha value is -5.38. The van der Waals surface area contributed by atoms with Crippen molar-refractivity contribution in [2.45, 2.75) is 0 Å². The van der Waals surface area contributed by atoms with Crippen LogP contribution in [0.5, 0.6) is 0 Å². The van der Waals surface area contributed by atoms with Gasteiger partial charge in [0.15, 0.2) is 5.82 Å². The molecule has 0 aliphatic rings. The summed E-state index contributed by atoms with van der Waals surface area (Å²) in [6, 6.07) is 55.5. The van der Waals surface area contributed by atoms with Crippen LogP contribution in [0.2, 0.25) is 0 Å². The first-order valence-electron chi connectivity index (χ1n) is 14.4. The molecule has 0 saturated heterocycles. The van der Waals surface area contributed by atoms with Crippen molar-refractivity contribution < 1.29 is 0 Å². The molecule has 6 aromatic carbocycles. The number of aromatic nitrogens is 2. The predicted octanol–water partition coefficient (Wildman–Crippen LogP) is 11.2. The van der Waals surface area contributed by atoms with Gasteiger partial charge in [-0.2, -0.15) is 0 Å². The van der Waals surface area contributed by atoms with E-state index in [1.807, 2.05) is 35.6 Å². The topological polar surface area (TPSA) is 25.8 Å². The second-order valence-electron chi connectivity index (χ2n) is 10.6. The van der Waals surface area contributed by atoms with E-state index in [1.165, 1.54) is 31.3 Å². The summed E-state index contributed by atoms with van der Waals surface area (Å²) >= 11 is 1.87. The lowest BCUT2D eigenvalue weighted by molar-refractivity contribution is 1.18. The fourth-order valence-electron chi connectivity index (χ4n) is 5.85. The average Bonchev–Trinajstić information content (AvgIpc) is 3.48. The van der Waals surface area contributed by atoms with Crippen molar-refractivity contribution in [2.24, 2.45) is 0 Å². The van der Waals surface area contributed by atoms with Crippen LogP contribution < -0.4 is 0 Å². The van der Waals surface area contributed by atoms with E-state index in [9.17, 15) is 0 Å². The molecule has 202 valence electrons. The summed E-state index contributed by atoms with van der Waals surface area (Å²) < 4.78 is 2.64. The van der Waals surface area contributed by atoms with E-state index in [0.29, 0.717) is 0 Å². The van der Waals surface area contributed by atoms with Crippen molar-refractivity contribution in [3.05, 3.63) is 158 Å². The minimum absolute atomic E-state index is 0.719. The van der Waals surface area contributed by atoms with Gasteiger partial charge in [-0.1, -0.05) is 140 Å². The third kappa shape index (κ3) is 4.70. The van der Waals surface area contributed by atoms with E-state index in [-0.39, 0.29) is 0 Å². The van der Waals surface area contributed by atoms with E-state index in [0.717, 1.165) is 45.0 Å². The van der Waals surface area contributed by atoms with Crippen LogP contribution in [0.4, 0.5) is 0 Å². The van der Waals surface area contributed by atoms with E-state index < -0.39 is 0 Å². The lowest BCUT2D eigenvalue weighted by atomic mass is 9.93. The average molecular weight is 567 g/mol. The number of nitrogens with zero attached hydrogens (tertiary/aromatic N) is 2. The summed E-state index contributed by atoms with van der Waals surface area (Å²) in [5.41, 5.74) is 9.73. The molecule has 2 nitrogen and oxygen atoms in total. The fourth-order valence-corrected chi connectivity index (χ4v) is 7.08. The molecule has 8 aromatic rings. The van der Waals surface area contributed by atoms with Crippen LogP contribution in [0, 0.1) is 0 Å². The summed E-state index contributed by atoms with van der Waals surface area (Å²) in [5, 5.41) is 2.63. The first-order valence-corrected chi connectivity index (χ1v) is 15.2. The molecule has 0 bridgehead atoms. The number of thiophene rings is 1. The Morgan fingerprint density at radius 2 is 0.930 bits per heavy atom. The van der Waals surface area contributed by atoms with Crippen LogP contribution >= 0.6 is 11.3 Å². The first kappa shape index (κ1) is 25.3. The quantitative estimate of drug-likeness (QED) is 0.207. The fraction of sp³-hybridized carbons (Fsp3) is 0. The highest BCUT2D eigenvalue weighted by atomic mass is 32.1. The number of benzene rings is 6. The molecular weight excluding hydrogens is 541 g/mol. The van der Waals surface area contributed by atoms with Gasteiger partial charge in [-0.3, -0.25) is 0 Å². The molecule has 0 radical (unpaired) electrons. The van der Waals surface area contributed by atoms with E-state index in [2.05, 4.69) is 133 Å². The van der Waals surface area contributed by atoms with Crippen LogP contribution in [0.15, 0.2) is 158 Å². The monoisotopic (exact) mass is 566 g/mol. The number of fused-ring (bicyclic) bond motifs is 3. The third-order valence-corrected chi connectivity index (χ3v) is 9.14. The van der Waals surface area contributed by atoms with Gasteiger partial charge in [0, 0.05) is 36.9 Å². The predicted molar refractivity (Wildman–Crippen MR) is 182 cm³/mol. The van der Waals surface area contributed by atoms with Crippen LogP contribution in [0.3, 0.4) is 0 Å². The van der Waals surface area contributed by atoms with Crippen LogP contribution in [0.1, 0.15) is 0 Å². The van der Waals surface area contributed by atoms with Crippen molar-refractivity contribution in [2.75, 3.05) is 0 Å². The second-order valence-corrected chi connectivity index (χ2v) is 11.7. The Balaban J connectivity index is 1.29. The molecule has 0 N–H and O–H groups in total. The highest BCUT2D eigenvalue weighted by molar-refractivity contribution is 7.26. The SMILES string of the molecule is c1ccc(-c2cc(-c3ccccc3-c3cccc(-c4cccc5c4sc4ccccc45)c3)nc(-c3ccccc3)n2)cc1. The van der Waals surface area contributed by atoms with Crippen LogP contribution in [-0.4, -0.2) is 9.97 Å². The molecule has 2 aromatic heterocycles. The normalized spacial score (nSPS) is 11.3. The van der Waals surface area contributed by atoms with Crippen molar-refractivity contribution in [3.63, 3.8) is 0 Å². The molecule has 0 aliphatic carbocycles. The highest BCUT2D eigenvalue weighted by Crippen LogP contribution is 2.41. The molecule has 0 atom stereocenters. The van der Waals surface area contributed by atoms with Crippen molar-refractivity contribution in [1.29, 1.82) is 0 Å². The summed E-state index contributed by atoms with van der Waals surface area (Å²) in [7, 11) is 0. The second kappa shape index (κ2) is 10.8. The Labute approximate surface area is 254 Å². The molecule has 0 unspecified atom stereocenters. The maximum Gasteiger partial charge on any atom is 0.160 e. The van der Waals surface area contributed by atoms with E-state index in [4.69, 9.17) is 9.97 Å². The van der Waals surface area contributed by atoms with Gasteiger partial charge >= 0.3 is 0 Å². The van der Waals surface area contributed by atoms with Gasteiger partial charge in [0.05, 0.1) is 11.4 Å². The Bertz CT molecular complexity index is 2180. The lowest BCUT2D eigenvalue weighted by Gasteiger charge is -2.14. The van der Waals surface area contributed by atoms with Crippen LogP contribution in [0.25, 0.3) is 76.3 Å². The zero-order chi connectivity index (χ0) is 28.6. The summed E-state index contributed by atoms with van der Waals surface area (Å²) in [5.74, 6) is 0.719. The minimum atomic E-state index is 0.719. The first-order chi connectivity index (χ1) is 21.3. The lowest BCUT2D eigenvalue weighted by Crippen LogP contribution is -1.97. The van der Waals surface area contributed by atoms with Gasteiger partial charge < -0.3 is 0 Å². The van der Waals surface area contributed by atoms with Gasteiger partial charge in [-0.15, -0.1) is 11.3 Å². The Morgan fingerprint density at radius 3 is 1.74 bits per heavy atom. The largest absolute Gasteiger partial charge is 0.228 e. The molecule has 0 spiro atoms. The number of hydrogen-bond acceptors (Lipinski definition) is 3. The van der Waals surface area contributed by atoms with E-state index in [1.54, 1.807) is 0 Å². The smallest absolute Gasteiger partial charge is 0.160 e. The third-order valence-electron chi connectivity index (χ3n) is 7.92. The Morgan fingerprint density at radius 1 is 0.372 bits per heavy atom. The zero-order valence-electron chi connectivity index (χ0n) is 23.3. The highest BCUT2D eigenvalue weighted by Gasteiger charge is 2.15. The molecule has 0 aliphatic heterocycles. The van der Waals surface area contributed by atoms with Gasteiger partial charge in [-0.25, -0.2) is 9.97 Å². The number of rotatable bonds is 5. The zero-order valence-corrected chi connectivity index (χ0v) is 24.1. The molecular formula is C40H26N2S. The molecule has 0 saturated carbocycles. The van der Waals surface area contributed by atoms with Crippen molar-refractivity contribution in [1.82, 2.24) is 9.97 Å². The minimum Gasteiger partial charge on any atom is -0.228 e. The van der Waals surface area contributed by atoms with Gasteiger partial charge in [0.25, 0.3) is 0 Å². The maximum absolute atomic E-state index is 5.12. The van der Waals surface area contributed by atoms with Gasteiger partial charge in [0.1, 0.15) is 0 Å². The van der Waals surface area contributed by atoms with Gasteiger partial charge in [0.2, 0.25) is 0 Å². The van der Waals surface area contributed by atoms with Gasteiger partial charge in [-0.05, 0) is 40.5 Å². The maximum atomic E-state index is 5.12. The summed E-state index contributed by atoms with van der Waals surface area (Å²) in [4.78, 5) is 10.1. The number of hydrogen-bond donors (Lipinski definition) is 0. The molecule has 0 amide bonds. The molecule has 3 heteroatoms. The summed E-state index contributed by atoms with van der Waals surface area (Å²) in [6.07, 6.45) is 0. The van der Waals surface area contributed by atoms with E-state index >= 15 is 0 Å². The molecule has 43 heavy (non-hydrogen) atoms. The van der Waals surface area contributed by atoms with Crippen molar-refractivity contribution >= 4 is 31.5 Å². The Kier molecular flexibility index (Phi) is 6.36.